The minimum Gasteiger partial charge on any atom is -0.478 e. The third kappa shape index (κ3) is 3.01. The van der Waals surface area contributed by atoms with Gasteiger partial charge in [-0.15, -0.1) is 0 Å². The van der Waals surface area contributed by atoms with Gasteiger partial charge in [0.2, 0.25) is 0 Å². The SMILES string of the molecule is CCc1ccc(-c2[nH]nc3nc(-c4ncc(F)cn4)cc(C(=O)O)c23)cc1. The molecule has 0 radical (unpaired) electrons. The monoisotopic (exact) mass is 363 g/mol. The number of nitrogens with zero attached hydrogens (tertiary/aromatic N) is 4. The van der Waals surface area contributed by atoms with Gasteiger partial charge < -0.3 is 5.11 Å². The number of pyridine rings is 1. The Hall–Kier alpha value is -3.68. The summed E-state index contributed by atoms with van der Waals surface area (Å²) in [5.74, 6) is -1.59. The normalized spacial score (nSPS) is 11.0. The zero-order valence-electron chi connectivity index (χ0n) is 14.3. The van der Waals surface area contributed by atoms with Crippen LogP contribution in [-0.2, 0) is 6.42 Å². The lowest BCUT2D eigenvalue weighted by molar-refractivity contribution is 0.0699. The van der Waals surface area contributed by atoms with Gasteiger partial charge in [0.05, 0.1) is 29.0 Å². The molecule has 8 heteroatoms. The molecule has 27 heavy (non-hydrogen) atoms. The van der Waals surface area contributed by atoms with E-state index in [1.54, 1.807) is 0 Å². The first-order chi connectivity index (χ1) is 13.1. The first kappa shape index (κ1) is 16.8. The van der Waals surface area contributed by atoms with Crippen molar-refractivity contribution in [3.8, 4) is 22.8 Å². The third-order valence-electron chi connectivity index (χ3n) is 4.25. The fraction of sp³-hybridized carbons (Fsp3) is 0.105. The van der Waals surface area contributed by atoms with Gasteiger partial charge in [0, 0.05) is 5.56 Å². The summed E-state index contributed by atoms with van der Waals surface area (Å²) in [4.78, 5) is 23.9. The van der Waals surface area contributed by atoms with Crippen molar-refractivity contribution in [3.63, 3.8) is 0 Å². The van der Waals surface area contributed by atoms with Crippen molar-refractivity contribution < 1.29 is 14.3 Å². The van der Waals surface area contributed by atoms with Gasteiger partial charge in [-0.1, -0.05) is 31.2 Å². The van der Waals surface area contributed by atoms with Crippen LogP contribution in [0.25, 0.3) is 33.8 Å². The van der Waals surface area contributed by atoms with Crippen molar-refractivity contribution in [1.82, 2.24) is 25.1 Å². The van der Waals surface area contributed by atoms with E-state index in [0.717, 1.165) is 24.4 Å². The van der Waals surface area contributed by atoms with Gasteiger partial charge in [0.1, 0.15) is 5.69 Å². The van der Waals surface area contributed by atoms with E-state index in [4.69, 9.17) is 0 Å². The molecule has 3 aromatic heterocycles. The van der Waals surface area contributed by atoms with Gasteiger partial charge >= 0.3 is 5.97 Å². The Morgan fingerprint density at radius 1 is 1.19 bits per heavy atom. The Bertz CT molecular complexity index is 1140. The Labute approximate surface area is 152 Å². The quantitative estimate of drug-likeness (QED) is 0.575. The fourth-order valence-corrected chi connectivity index (χ4v) is 2.87. The van der Waals surface area contributed by atoms with E-state index < -0.39 is 11.8 Å². The Morgan fingerprint density at radius 2 is 1.89 bits per heavy atom. The van der Waals surface area contributed by atoms with Crippen LogP contribution in [-0.4, -0.2) is 36.2 Å². The molecule has 7 nitrogen and oxygen atoms in total. The number of rotatable bonds is 4. The van der Waals surface area contributed by atoms with Crippen LogP contribution in [0.3, 0.4) is 0 Å². The van der Waals surface area contributed by atoms with Crippen LogP contribution >= 0.6 is 0 Å². The van der Waals surface area contributed by atoms with Crippen molar-refractivity contribution in [2.45, 2.75) is 13.3 Å². The molecule has 0 fully saturated rings. The number of fused-ring (bicyclic) bond motifs is 1. The molecule has 0 spiro atoms. The lowest BCUT2D eigenvalue weighted by atomic mass is 10.0. The first-order valence-electron chi connectivity index (χ1n) is 8.26. The number of hydrogen-bond donors (Lipinski definition) is 2. The highest BCUT2D eigenvalue weighted by molar-refractivity contribution is 6.08. The van der Waals surface area contributed by atoms with E-state index in [1.807, 2.05) is 24.3 Å². The van der Waals surface area contributed by atoms with Crippen molar-refractivity contribution in [2.75, 3.05) is 0 Å². The van der Waals surface area contributed by atoms with Crippen LogP contribution in [0.15, 0.2) is 42.7 Å². The highest BCUT2D eigenvalue weighted by Gasteiger charge is 2.20. The van der Waals surface area contributed by atoms with Crippen molar-refractivity contribution >= 4 is 17.0 Å². The smallest absolute Gasteiger partial charge is 0.336 e. The minimum atomic E-state index is -1.13. The second-order valence-corrected chi connectivity index (χ2v) is 5.93. The lowest BCUT2D eigenvalue weighted by Crippen LogP contribution is -2.01. The maximum atomic E-state index is 13.1. The number of carboxylic acids is 1. The zero-order valence-corrected chi connectivity index (χ0v) is 14.3. The molecule has 134 valence electrons. The van der Waals surface area contributed by atoms with E-state index in [9.17, 15) is 14.3 Å². The molecule has 3 heterocycles. The summed E-state index contributed by atoms with van der Waals surface area (Å²) in [5, 5.41) is 17.1. The van der Waals surface area contributed by atoms with Gasteiger partial charge in [-0.05, 0) is 18.1 Å². The number of H-pyrrole nitrogens is 1. The van der Waals surface area contributed by atoms with Crippen LogP contribution in [0.4, 0.5) is 4.39 Å². The van der Waals surface area contributed by atoms with Crippen LogP contribution in [0, 0.1) is 5.82 Å². The lowest BCUT2D eigenvalue weighted by Gasteiger charge is -2.05. The molecule has 4 aromatic rings. The van der Waals surface area contributed by atoms with Crippen molar-refractivity contribution in [2.24, 2.45) is 0 Å². The van der Waals surface area contributed by atoms with Crippen molar-refractivity contribution in [1.29, 1.82) is 0 Å². The molecule has 0 saturated carbocycles. The molecule has 0 unspecified atom stereocenters. The number of benzene rings is 1. The highest BCUT2D eigenvalue weighted by Crippen LogP contribution is 2.30. The maximum Gasteiger partial charge on any atom is 0.336 e. The number of hydrogen-bond acceptors (Lipinski definition) is 5. The predicted octanol–water partition coefficient (Wildman–Crippen LogP) is 3.48. The fourth-order valence-electron chi connectivity index (χ4n) is 2.87. The molecule has 0 aliphatic carbocycles. The molecular weight excluding hydrogens is 349 g/mol. The zero-order chi connectivity index (χ0) is 19.0. The molecule has 0 bridgehead atoms. The molecule has 0 saturated heterocycles. The number of halogens is 1. The van der Waals surface area contributed by atoms with Crippen molar-refractivity contribution in [3.05, 3.63) is 59.7 Å². The van der Waals surface area contributed by atoms with E-state index >= 15 is 0 Å². The summed E-state index contributed by atoms with van der Waals surface area (Å²) in [5.41, 5.74) is 3.02. The third-order valence-corrected chi connectivity index (χ3v) is 4.25. The Balaban J connectivity index is 1.91. The van der Waals surface area contributed by atoms with E-state index in [0.29, 0.717) is 11.1 Å². The topological polar surface area (TPSA) is 105 Å². The number of carbonyl (C=O) groups is 1. The number of aromatic nitrogens is 5. The van der Waals surface area contributed by atoms with E-state index in [1.165, 1.54) is 11.6 Å². The number of aryl methyl sites for hydroxylation is 1. The van der Waals surface area contributed by atoms with E-state index in [-0.39, 0.29) is 22.7 Å². The van der Waals surface area contributed by atoms with Gasteiger partial charge in [-0.2, -0.15) is 5.10 Å². The number of aromatic amines is 1. The molecule has 4 rings (SSSR count). The summed E-state index contributed by atoms with van der Waals surface area (Å²) >= 11 is 0. The number of aromatic carboxylic acids is 1. The second-order valence-electron chi connectivity index (χ2n) is 5.93. The predicted molar refractivity (Wildman–Crippen MR) is 96.6 cm³/mol. The van der Waals surface area contributed by atoms with E-state index in [2.05, 4.69) is 32.1 Å². The average molecular weight is 363 g/mol. The average Bonchev–Trinajstić information content (AvgIpc) is 3.11. The summed E-state index contributed by atoms with van der Waals surface area (Å²) < 4.78 is 13.1. The summed E-state index contributed by atoms with van der Waals surface area (Å²) in [7, 11) is 0. The molecule has 0 amide bonds. The van der Waals surface area contributed by atoms with Gasteiger partial charge in [0.25, 0.3) is 0 Å². The standard InChI is InChI=1S/C19H14FN5O2/c1-2-10-3-5-11(6-4-10)16-15-13(19(26)27)7-14(23-18(15)25-24-16)17-21-8-12(20)9-22-17/h3-9H,2H2,1H3,(H,26,27)(H,23,24,25). The van der Waals surface area contributed by atoms with Crippen LogP contribution < -0.4 is 0 Å². The first-order valence-corrected chi connectivity index (χ1v) is 8.26. The molecular formula is C19H14FN5O2. The second kappa shape index (κ2) is 6.56. The van der Waals surface area contributed by atoms with Gasteiger partial charge in [0.15, 0.2) is 17.3 Å². The van der Waals surface area contributed by atoms with Gasteiger partial charge in [-0.25, -0.2) is 24.1 Å². The Morgan fingerprint density at radius 3 is 2.52 bits per heavy atom. The largest absolute Gasteiger partial charge is 0.478 e. The number of carboxylic acid groups (broad SMARTS) is 1. The summed E-state index contributed by atoms with van der Waals surface area (Å²) in [6, 6.07) is 9.16. The highest BCUT2D eigenvalue weighted by atomic mass is 19.1. The molecule has 0 aliphatic heterocycles. The van der Waals surface area contributed by atoms with Crippen LogP contribution in [0.5, 0.6) is 0 Å². The molecule has 0 atom stereocenters. The summed E-state index contributed by atoms with van der Waals surface area (Å²) in [6.45, 7) is 2.06. The van der Waals surface area contributed by atoms with Crippen LogP contribution in [0.1, 0.15) is 22.8 Å². The molecule has 0 aliphatic rings. The minimum absolute atomic E-state index is 0.0197. The molecule has 2 N–H and O–H groups in total. The van der Waals surface area contributed by atoms with Crippen LogP contribution in [0.2, 0.25) is 0 Å². The number of nitrogens with one attached hydrogen (secondary N) is 1. The molecule has 1 aromatic carbocycles. The Kier molecular flexibility index (Phi) is 4.08. The van der Waals surface area contributed by atoms with Gasteiger partial charge in [-0.3, -0.25) is 5.10 Å². The maximum absolute atomic E-state index is 13.1. The summed E-state index contributed by atoms with van der Waals surface area (Å²) in [6.07, 6.45) is 2.91.